The van der Waals surface area contributed by atoms with Gasteiger partial charge in [-0.2, -0.15) is 9.29 Å². The van der Waals surface area contributed by atoms with Gasteiger partial charge in [0.2, 0.25) is 21.9 Å². The van der Waals surface area contributed by atoms with Crippen LogP contribution in [0.15, 0.2) is 35.4 Å². The van der Waals surface area contributed by atoms with Crippen LogP contribution in [0.5, 0.6) is 5.88 Å². The lowest BCUT2D eigenvalue weighted by Gasteiger charge is -2.34. The van der Waals surface area contributed by atoms with Gasteiger partial charge < -0.3 is 9.64 Å². The Kier molecular flexibility index (Phi) is 4.82. The van der Waals surface area contributed by atoms with E-state index >= 15 is 0 Å². The Hall–Kier alpha value is -2.33. The predicted octanol–water partition coefficient (Wildman–Crippen LogP) is 1.27. The van der Waals surface area contributed by atoms with E-state index in [2.05, 4.69) is 9.97 Å². The van der Waals surface area contributed by atoms with E-state index in [0.29, 0.717) is 24.9 Å². The molecule has 0 spiro atoms. The zero-order valence-corrected chi connectivity index (χ0v) is 14.2. The van der Waals surface area contributed by atoms with E-state index in [1.165, 1.54) is 7.11 Å². The van der Waals surface area contributed by atoms with Crippen molar-refractivity contribution in [1.82, 2.24) is 14.3 Å². The van der Waals surface area contributed by atoms with Crippen LogP contribution in [0.25, 0.3) is 0 Å². The smallest absolute Gasteiger partial charge is 0.249 e. The highest BCUT2D eigenvalue weighted by molar-refractivity contribution is 7.89. The molecule has 1 aliphatic heterocycles. The minimum atomic E-state index is -4.25. The molecule has 1 fully saturated rings. The fourth-order valence-corrected chi connectivity index (χ4v) is 4.12. The van der Waals surface area contributed by atoms with Gasteiger partial charge in [0, 0.05) is 38.4 Å². The molecule has 0 bridgehead atoms. The number of hydrogen-bond donors (Lipinski definition) is 0. The Morgan fingerprint density at radius 1 is 1.08 bits per heavy atom. The SMILES string of the molecule is COc1ccnc(N2CCN(S(=O)(=O)c3c(F)cccc3F)CC2)n1. The Morgan fingerprint density at radius 3 is 2.32 bits per heavy atom. The van der Waals surface area contributed by atoms with Gasteiger partial charge in [-0.1, -0.05) is 6.07 Å². The molecule has 1 aromatic heterocycles. The van der Waals surface area contributed by atoms with Crippen molar-refractivity contribution in [2.24, 2.45) is 0 Å². The molecule has 0 unspecified atom stereocenters. The molecule has 1 aromatic carbocycles. The number of nitrogens with zero attached hydrogens (tertiary/aromatic N) is 4. The van der Waals surface area contributed by atoms with Crippen LogP contribution in [0, 0.1) is 11.6 Å². The number of piperazine rings is 1. The van der Waals surface area contributed by atoms with E-state index in [9.17, 15) is 17.2 Å². The van der Waals surface area contributed by atoms with Gasteiger partial charge in [0.1, 0.15) is 11.6 Å². The van der Waals surface area contributed by atoms with E-state index in [1.54, 1.807) is 17.2 Å². The van der Waals surface area contributed by atoms with Crippen molar-refractivity contribution in [2.75, 3.05) is 38.2 Å². The van der Waals surface area contributed by atoms with Crippen LogP contribution >= 0.6 is 0 Å². The van der Waals surface area contributed by atoms with Crippen LogP contribution in [0.4, 0.5) is 14.7 Å². The average molecular weight is 370 g/mol. The number of halogens is 2. The highest BCUT2D eigenvalue weighted by Gasteiger charge is 2.33. The number of benzene rings is 1. The van der Waals surface area contributed by atoms with Gasteiger partial charge in [-0.05, 0) is 12.1 Å². The largest absolute Gasteiger partial charge is 0.481 e. The number of hydrogen-bond acceptors (Lipinski definition) is 6. The van der Waals surface area contributed by atoms with Crippen LogP contribution in [-0.2, 0) is 10.0 Å². The van der Waals surface area contributed by atoms with Crippen LogP contribution in [0.1, 0.15) is 0 Å². The Balaban J connectivity index is 1.77. The molecule has 25 heavy (non-hydrogen) atoms. The molecule has 2 aromatic rings. The summed E-state index contributed by atoms with van der Waals surface area (Å²) in [6, 6.07) is 4.58. The normalized spacial score (nSPS) is 16.0. The van der Waals surface area contributed by atoms with E-state index in [4.69, 9.17) is 4.74 Å². The first-order chi connectivity index (χ1) is 11.9. The quantitative estimate of drug-likeness (QED) is 0.807. The standard InChI is InChI=1S/C15H16F2N4O3S/c1-24-13-5-6-18-15(19-13)20-7-9-21(10-8-20)25(22,23)14-11(16)3-2-4-12(14)17/h2-6H,7-10H2,1H3. The molecule has 1 saturated heterocycles. The van der Waals surface area contributed by atoms with Gasteiger partial charge in [-0.3, -0.25) is 0 Å². The third kappa shape index (κ3) is 3.40. The van der Waals surface area contributed by atoms with Crippen molar-refractivity contribution in [2.45, 2.75) is 4.90 Å². The van der Waals surface area contributed by atoms with Gasteiger partial charge in [0.25, 0.3) is 0 Å². The van der Waals surface area contributed by atoms with Crippen molar-refractivity contribution in [3.63, 3.8) is 0 Å². The zero-order chi connectivity index (χ0) is 18.0. The summed E-state index contributed by atoms with van der Waals surface area (Å²) in [5.41, 5.74) is 0. The average Bonchev–Trinajstić information content (AvgIpc) is 2.61. The maximum Gasteiger partial charge on any atom is 0.249 e. The minimum absolute atomic E-state index is 0.0661. The fraction of sp³-hybridized carbons (Fsp3) is 0.333. The highest BCUT2D eigenvalue weighted by Crippen LogP contribution is 2.24. The van der Waals surface area contributed by atoms with E-state index in [1.807, 2.05) is 0 Å². The number of sulfonamides is 1. The Morgan fingerprint density at radius 2 is 1.72 bits per heavy atom. The van der Waals surface area contributed by atoms with Crippen LogP contribution in [0.2, 0.25) is 0 Å². The summed E-state index contributed by atoms with van der Waals surface area (Å²) in [6.45, 7) is 0.721. The summed E-state index contributed by atoms with van der Waals surface area (Å²) < 4.78 is 58.9. The Bertz CT molecular complexity index is 851. The lowest BCUT2D eigenvalue weighted by Crippen LogP contribution is -2.49. The van der Waals surface area contributed by atoms with Crippen molar-refractivity contribution >= 4 is 16.0 Å². The first-order valence-electron chi connectivity index (χ1n) is 7.49. The van der Waals surface area contributed by atoms with E-state index in [0.717, 1.165) is 22.5 Å². The van der Waals surface area contributed by atoms with Crippen molar-refractivity contribution < 1.29 is 21.9 Å². The molecule has 7 nitrogen and oxygen atoms in total. The van der Waals surface area contributed by atoms with Gasteiger partial charge >= 0.3 is 0 Å². The Labute approximate surface area is 143 Å². The summed E-state index contributed by atoms with van der Waals surface area (Å²) in [4.78, 5) is 9.19. The molecule has 0 atom stereocenters. The molecule has 0 aliphatic carbocycles. The van der Waals surface area contributed by atoms with Crippen LogP contribution in [-0.4, -0.2) is 56.0 Å². The monoisotopic (exact) mass is 370 g/mol. The molecule has 0 amide bonds. The van der Waals surface area contributed by atoms with Gasteiger partial charge in [-0.25, -0.2) is 22.2 Å². The third-order valence-corrected chi connectivity index (χ3v) is 5.82. The van der Waals surface area contributed by atoms with Gasteiger partial charge in [-0.15, -0.1) is 0 Å². The summed E-state index contributed by atoms with van der Waals surface area (Å²) >= 11 is 0. The molecule has 0 saturated carbocycles. The summed E-state index contributed by atoms with van der Waals surface area (Å²) in [7, 11) is -2.76. The zero-order valence-electron chi connectivity index (χ0n) is 13.4. The lowest BCUT2D eigenvalue weighted by molar-refractivity contribution is 0.372. The molecule has 0 N–H and O–H groups in total. The fourth-order valence-electron chi connectivity index (χ4n) is 2.58. The van der Waals surface area contributed by atoms with Crippen molar-refractivity contribution in [3.05, 3.63) is 42.1 Å². The number of methoxy groups -OCH3 is 1. The maximum absolute atomic E-state index is 13.8. The second kappa shape index (κ2) is 6.89. The number of ether oxygens (including phenoxy) is 1. The van der Waals surface area contributed by atoms with Crippen LogP contribution in [0.3, 0.4) is 0 Å². The molecule has 3 rings (SSSR count). The first kappa shape index (κ1) is 17.5. The molecule has 0 radical (unpaired) electrons. The predicted molar refractivity (Wildman–Crippen MR) is 85.9 cm³/mol. The van der Waals surface area contributed by atoms with E-state index in [-0.39, 0.29) is 13.1 Å². The number of aromatic nitrogens is 2. The van der Waals surface area contributed by atoms with Gasteiger partial charge in [0.15, 0.2) is 4.90 Å². The summed E-state index contributed by atoms with van der Waals surface area (Å²) in [6.07, 6.45) is 1.54. The molecule has 134 valence electrons. The third-order valence-electron chi connectivity index (χ3n) is 3.86. The summed E-state index contributed by atoms with van der Waals surface area (Å²) in [5, 5.41) is 0. The molecule has 1 aliphatic rings. The lowest BCUT2D eigenvalue weighted by atomic mass is 10.3. The van der Waals surface area contributed by atoms with Crippen LogP contribution < -0.4 is 9.64 Å². The molecule has 10 heteroatoms. The second-order valence-electron chi connectivity index (χ2n) is 5.34. The van der Waals surface area contributed by atoms with Crippen molar-refractivity contribution in [1.29, 1.82) is 0 Å². The molecular weight excluding hydrogens is 354 g/mol. The molecule has 2 heterocycles. The van der Waals surface area contributed by atoms with Gasteiger partial charge in [0.05, 0.1) is 7.11 Å². The van der Waals surface area contributed by atoms with Crippen molar-refractivity contribution in [3.8, 4) is 5.88 Å². The first-order valence-corrected chi connectivity index (χ1v) is 8.93. The second-order valence-corrected chi connectivity index (χ2v) is 7.22. The topological polar surface area (TPSA) is 75.6 Å². The number of rotatable bonds is 4. The maximum atomic E-state index is 13.8. The highest BCUT2D eigenvalue weighted by atomic mass is 32.2. The van der Waals surface area contributed by atoms with E-state index < -0.39 is 26.6 Å². The number of anilines is 1. The summed E-state index contributed by atoms with van der Waals surface area (Å²) in [5.74, 6) is -1.39. The molecular formula is C15H16F2N4O3S. The minimum Gasteiger partial charge on any atom is -0.481 e.